The molecule has 1 atom stereocenters. The molecule has 0 rings (SSSR count). The van der Waals surface area contributed by atoms with Crippen LogP contribution in [0.25, 0.3) is 0 Å². The number of halogens is 1. The van der Waals surface area contributed by atoms with Gasteiger partial charge in [-0.3, -0.25) is 0 Å². The second-order valence-electron chi connectivity index (χ2n) is 8.34. The first-order valence-electron chi connectivity index (χ1n) is 10.8. The minimum atomic E-state index is -4.36. The molecule has 0 spiro atoms. The highest BCUT2D eigenvalue weighted by Gasteiger charge is 2.41. The van der Waals surface area contributed by atoms with Crippen LogP contribution in [-0.4, -0.2) is 5.60 Å². The third-order valence-corrected chi connectivity index (χ3v) is 6.06. The number of hydrogen-bond acceptors (Lipinski definition) is 5. The van der Waals surface area contributed by atoms with E-state index in [0.717, 1.165) is 12.8 Å². The highest BCUT2D eigenvalue weighted by molar-refractivity contribution is 4.74. The molecule has 5 nitrogen and oxygen atoms in total. The first-order chi connectivity index (χ1) is 12.2. The summed E-state index contributed by atoms with van der Waals surface area (Å²) in [5, 5.41) is 0. The minimum absolute atomic E-state index is 0. The summed E-state index contributed by atoms with van der Waals surface area (Å²) in [6.45, 7) is 7.55. The molecule has 0 saturated carbocycles. The van der Waals surface area contributed by atoms with Crippen molar-refractivity contribution in [2.24, 2.45) is 5.92 Å². The summed E-state index contributed by atoms with van der Waals surface area (Å²) in [5.74, 6) is 0.0380. The van der Waals surface area contributed by atoms with Crippen LogP contribution < -0.4 is 20.1 Å². The quantitative estimate of drug-likeness (QED) is 0.337. The summed E-state index contributed by atoms with van der Waals surface area (Å²) in [6.07, 6.45) is 19.4. The summed E-state index contributed by atoms with van der Waals surface area (Å²) in [6, 6.07) is 0. The maximum absolute atomic E-state index is 10.7. The second kappa shape index (κ2) is 17.0. The third-order valence-electron chi connectivity index (χ3n) is 5.47. The van der Waals surface area contributed by atoms with Crippen molar-refractivity contribution >= 4 is 0 Å². The first kappa shape index (κ1) is 29.3. The average Bonchev–Trinajstić information content (AvgIpc) is 2.52. The Balaban J connectivity index is 0. The van der Waals surface area contributed by atoms with Crippen LogP contribution in [0, 0.1) is 16.2 Å². The van der Waals surface area contributed by atoms with Crippen molar-refractivity contribution in [1.29, 1.82) is 0 Å². The van der Waals surface area contributed by atoms with Crippen molar-refractivity contribution in [1.82, 2.24) is 6.15 Å². The number of unbranched alkanes of at least 4 members (excludes halogenated alkanes) is 13. The monoisotopic (exact) mass is 411 g/mol. The highest BCUT2D eigenvalue weighted by Crippen LogP contribution is 2.28. The summed E-state index contributed by atoms with van der Waals surface area (Å²) in [4.78, 5) is 0. The molecule has 0 aliphatic rings. The van der Waals surface area contributed by atoms with Crippen molar-refractivity contribution < 1.29 is 28.5 Å². The van der Waals surface area contributed by atoms with Gasteiger partial charge in [0, 0.05) is 5.92 Å². The van der Waals surface area contributed by atoms with Gasteiger partial charge in [0.2, 0.25) is 5.60 Å². The van der Waals surface area contributed by atoms with Crippen LogP contribution in [0.3, 0.4) is 0 Å². The lowest BCUT2D eigenvalue weighted by atomic mass is 9.88. The van der Waals surface area contributed by atoms with Gasteiger partial charge in [-0.05, 0) is 20.3 Å². The maximum Gasteiger partial charge on any atom is 0.220 e. The van der Waals surface area contributed by atoms with Crippen LogP contribution in [0.1, 0.15) is 124 Å². The molecule has 0 aliphatic heterocycles. The highest BCUT2D eigenvalue weighted by atomic mass is 35.7. The van der Waals surface area contributed by atoms with Gasteiger partial charge in [-0.15, -0.1) is 0 Å². The third kappa shape index (κ3) is 19.2. The Kier molecular flexibility index (Phi) is 18.4. The molecular formula is C21H46ClNO4. The Morgan fingerprint density at radius 1 is 0.704 bits per heavy atom. The fraction of sp³-hybridized carbons (Fsp3) is 1.00. The molecular weight excluding hydrogens is 366 g/mol. The molecule has 0 saturated heterocycles. The van der Waals surface area contributed by atoms with Gasteiger partial charge < -0.3 is 6.15 Å². The van der Waals surface area contributed by atoms with Crippen molar-refractivity contribution in [2.45, 2.75) is 130 Å². The predicted octanol–water partition coefficient (Wildman–Crippen LogP) is 4.35. The maximum atomic E-state index is 10.7. The molecule has 0 aliphatic carbocycles. The van der Waals surface area contributed by atoms with Crippen molar-refractivity contribution in [3.63, 3.8) is 0 Å². The van der Waals surface area contributed by atoms with Gasteiger partial charge >= 0.3 is 0 Å². The van der Waals surface area contributed by atoms with Crippen LogP contribution in [0.2, 0.25) is 0 Å². The normalized spacial score (nSPS) is 13.4. The molecule has 0 aromatic carbocycles. The van der Waals surface area contributed by atoms with E-state index in [1.165, 1.54) is 83.5 Å². The Morgan fingerprint density at radius 3 is 1.37 bits per heavy atom. The van der Waals surface area contributed by atoms with Crippen LogP contribution in [-0.2, 0) is 4.29 Å². The largest absolute Gasteiger partial charge is 0.344 e. The van der Waals surface area contributed by atoms with E-state index in [-0.39, 0.29) is 12.1 Å². The Morgan fingerprint density at radius 2 is 1.04 bits per heavy atom. The molecule has 0 radical (unpaired) electrons. The summed E-state index contributed by atoms with van der Waals surface area (Å²) in [7, 11) is -4.36. The zero-order valence-electron chi connectivity index (χ0n) is 18.4. The van der Waals surface area contributed by atoms with Gasteiger partial charge in [0.05, 0.1) is 14.5 Å². The standard InChI is InChI=1S/C21H43ClO4.H3N/c1-5-6-7-8-9-10-11-12-13-14-15-16-17-18-19-20(2)21(3,4)26-22(23,24)25;/h20H,5-19H2,1-4H3;1H3. The summed E-state index contributed by atoms with van der Waals surface area (Å²) >= 11 is 0. The fourth-order valence-corrected chi connectivity index (χ4v) is 3.95. The van der Waals surface area contributed by atoms with Gasteiger partial charge in [-0.2, -0.15) is 14.0 Å². The fourth-order valence-electron chi connectivity index (χ4n) is 3.31. The van der Waals surface area contributed by atoms with E-state index < -0.39 is 15.8 Å². The van der Waals surface area contributed by atoms with E-state index >= 15 is 0 Å². The van der Waals surface area contributed by atoms with E-state index in [2.05, 4.69) is 11.2 Å². The van der Waals surface area contributed by atoms with Crippen molar-refractivity contribution in [3.05, 3.63) is 0 Å². The van der Waals surface area contributed by atoms with Crippen LogP contribution >= 0.6 is 0 Å². The number of rotatable bonds is 18. The van der Waals surface area contributed by atoms with Gasteiger partial charge in [-0.25, -0.2) is 0 Å². The average molecular weight is 412 g/mol. The lowest BCUT2D eigenvalue weighted by Gasteiger charge is -2.28. The Labute approximate surface area is 170 Å². The molecule has 6 heteroatoms. The van der Waals surface area contributed by atoms with Gasteiger partial charge in [0.1, 0.15) is 0 Å². The van der Waals surface area contributed by atoms with Crippen molar-refractivity contribution in [2.75, 3.05) is 0 Å². The Bertz CT molecular complexity index is 322. The molecule has 0 heterocycles. The van der Waals surface area contributed by atoms with E-state index in [4.69, 9.17) is 0 Å². The van der Waals surface area contributed by atoms with Crippen LogP contribution in [0.4, 0.5) is 0 Å². The SMILES string of the molecule is CCCCCCCCCCCCCCCCC(C)C(C)(C)O[Cl+3]([O-])([O-])[O-].N. The zero-order valence-corrected chi connectivity index (χ0v) is 19.2. The molecule has 166 valence electrons. The van der Waals surface area contributed by atoms with Gasteiger partial charge in [0.15, 0.2) is 0 Å². The van der Waals surface area contributed by atoms with Crippen LogP contribution in [0.15, 0.2) is 0 Å². The van der Waals surface area contributed by atoms with E-state index in [1.807, 2.05) is 6.92 Å². The first-order valence-corrected chi connectivity index (χ1v) is 12.0. The van der Waals surface area contributed by atoms with E-state index in [9.17, 15) is 14.0 Å². The minimum Gasteiger partial charge on any atom is -0.344 e. The van der Waals surface area contributed by atoms with E-state index in [0.29, 0.717) is 0 Å². The molecule has 27 heavy (non-hydrogen) atoms. The topological polar surface area (TPSA) is 113 Å². The number of hydrogen-bond donors (Lipinski definition) is 1. The molecule has 0 aromatic rings. The Hall–Kier alpha value is 0.0900. The van der Waals surface area contributed by atoms with Gasteiger partial charge in [0.25, 0.3) is 0 Å². The summed E-state index contributed by atoms with van der Waals surface area (Å²) in [5.41, 5.74) is -0.932. The molecule has 1 unspecified atom stereocenters. The second-order valence-corrected chi connectivity index (χ2v) is 9.25. The smallest absolute Gasteiger partial charge is 0.220 e. The lowest BCUT2D eigenvalue weighted by molar-refractivity contribution is -1.92. The van der Waals surface area contributed by atoms with E-state index in [1.54, 1.807) is 13.8 Å². The van der Waals surface area contributed by atoms with Gasteiger partial charge in [-0.1, -0.05) is 104 Å². The summed E-state index contributed by atoms with van der Waals surface area (Å²) < 4.78 is 36.9. The van der Waals surface area contributed by atoms with Crippen molar-refractivity contribution in [3.8, 4) is 0 Å². The molecule has 3 N–H and O–H groups in total. The molecule has 0 fully saturated rings. The predicted molar refractivity (Wildman–Crippen MR) is 104 cm³/mol. The zero-order chi connectivity index (χ0) is 19.9. The molecule has 0 bridgehead atoms. The lowest BCUT2D eigenvalue weighted by Crippen LogP contribution is -2.64. The molecule has 0 amide bonds. The van der Waals surface area contributed by atoms with Crippen LogP contribution in [0.5, 0.6) is 0 Å². The molecule has 0 aromatic heterocycles.